The number of hydrogen-bond acceptors (Lipinski definition) is 3. The third-order valence-corrected chi connectivity index (χ3v) is 4.09. The summed E-state index contributed by atoms with van der Waals surface area (Å²) in [6, 6.07) is 4.52. The molecule has 0 spiro atoms. The van der Waals surface area contributed by atoms with Gasteiger partial charge in [-0.3, -0.25) is 9.59 Å². The molecule has 7 nitrogen and oxygen atoms in total. The van der Waals surface area contributed by atoms with Crippen LogP contribution in [0.1, 0.15) is 24.5 Å². The number of hydrogen-bond donors (Lipinski definition) is 3. The smallest absolute Gasteiger partial charge is 0.318 e. The molecule has 0 aliphatic carbocycles. The van der Waals surface area contributed by atoms with Gasteiger partial charge in [-0.15, -0.1) is 0 Å². The van der Waals surface area contributed by atoms with Crippen LogP contribution in [0.25, 0.3) is 0 Å². The molecule has 4 amide bonds. The first kappa shape index (κ1) is 17.8. The van der Waals surface area contributed by atoms with E-state index in [-0.39, 0.29) is 24.3 Å². The van der Waals surface area contributed by atoms with Gasteiger partial charge in [0.2, 0.25) is 11.8 Å². The van der Waals surface area contributed by atoms with E-state index in [0.29, 0.717) is 25.3 Å². The van der Waals surface area contributed by atoms with Crippen molar-refractivity contribution in [3.8, 4) is 0 Å². The van der Waals surface area contributed by atoms with Crippen molar-refractivity contribution in [2.75, 3.05) is 25.0 Å². The lowest BCUT2D eigenvalue weighted by atomic mass is 10.1. The lowest BCUT2D eigenvalue weighted by Crippen LogP contribution is -2.60. The van der Waals surface area contributed by atoms with Gasteiger partial charge in [-0.2, -0.15) is 0 Å². The molecule has 7 heteroatoms. The summed E-state index contributed by atoms with van der Waals surface area (Å²) < 4.78 is 0. The standard InChI is InChI=1S/C17H24N4O3/c1-4-18-17(24)21-8-7-19-16(23)14(21)10-15(22)20-13-6-5-11(2)12(3)9-13/h5-6,9,14H,4,7-8,10H2,1-3H3,(H,18,24)(H,19,23)(H,20,22)/t14-/m1/s1. The second kappa shape index (κ2) is 7.81. The Bertz CT molecular complexity index is 645. The normalized spacial score (nSPS) is 17.2. The maximum Gasteiger partial charge on any atom is 0.318 e. The predicted octanol–water partition coefficient (Wildman–Crippen LogP) is 1.16. The van der Waals surface area contributed by atoms with Crippen LogP contribution >= 0.6 is 0 Å². The van der Waals surface area contributed by atoms with Gasteiger partial charge in [-0.1, -0.05) is 6.07 Å². The van der Waals surface area contributed by atoms with Crippen LogP contribution in [0.3, 0.4) is 0 Å². The number of anilines is 1. The van der Waals surface area contributed by atoms with E-state index < -0.39 is 6.04 Å². The lowest BCUT2D eigenvalue weighted by molar-refractivity contribution is -0.131. The Morgan fingerprint density at radius 3 is 2.71 bits per heavy atom. The van der Waals surface area contributed by atoms with Gasteiger partial charge >= 0.3 is 6.03 Å². The molecule has 0 unspecified atom stereocenters. The molecule has 130 valence electrons. The Balaban J connectivity index is 2.04. The fourth-order valence-electron chi connectivity index (χ4n) is 2.62. The average Bonchev–Trinajstić information content (AvgIpc) is 2.53. The fraction of sp³-hybridized carbons (Fsp3) is 0.471. The van der Waals surface area contributed by atoms with E-state index in [1.807, 2.05) is 39.0 Å². The summed E-state index contributed by atoms with van der Waals surface area (Å²) in [5, 5.41) is 8.17. The topological polar surface area (TPSA) is 90.5 Å². The van der Waals surface area contributed by atoms with Crippen molar-refractivity contribution in [2.24, 2.45) is 0 Å². The molecule has 2 rings (SSSR count). The van der Waals surface area contributed by atoms with Gasteiger partial charge in [0.25, 0.3) is 0 Å². The monoisotopic (exact) mass is 332 g/mol. The SMILES string of the molecule is CCNC(=O)N1CCNC(=O)[C@H]1CC(=O)Nc1ccc(C)c(C)c1. The molecule has 1 aromatic rings. The summed E-state index contributed by atoms with van der Waals surface area (Å²) in [6.45, 7) is 7.03. The molecule has 3 N–H and O–H groups in total. The molecule has 1 aliphatic rings. The van der Waals surface area contributed by atoms with Crippen LogP contribution in [0.4, 0.5) is 10.5 Å². The summed E-state index contributed by atoms with van der Waals surface area (Å²) in [4.78, 5) is 37.9. The molecule has 1 aliphatic heterocycles. The van der Waals surface area contributed by atoms with E-state index in [4.69, 9.17) is 0 Å². The van der Waals surface area contributed by atoms with Crippen LogP contribution in [-0.4, -0.2) is 48.4 Å². The van der Waals surface area contributed by atoms with Crippen LogP contribution < -0.4 is 16.0 Å². The maximum absolute atomic E-state index is 12.3. The third kappa shape index (κ3) is 4.24. The zero-order valence-corrected chi connectivity index (χ0v) is 14.3. The molecular formula is C17H24N4O3. The molecule has 1 atom stereocenters. The Kier molecular flexibility index (Phi) is 5.78. The molecule has 1 saturated heterocycles. The number of aryl methyl sites for hydroxylation is 2. The van der Waals surface area contributed by atoms with Crippen molar-refractivity contribution in [3.63, 3.8) is 0 Å². The average molecular weight is 332 g/mol. The first-order valence-corrected chi connectivity index (χ1v) is 8.11. The van der Waals surface area contributed by atoms with Crippen molar-refractivity contribution < 1.29 is 14.4 Å². The molecule has 0 radical (unpaired) electrons. The number of nitrogens with one attached hydrogen (secondary N) is 3. The molecule has 0 saturated carbocycles. The summed E-state index contributed by atoms with van der Waals surface area (Å²) in [5.41, 5.74) is 2.90. The number of benzene rings is 1. The number of amides is 4. The summed E-state index contributed by atoms with van der Waals surface area (Å²) in [6.07, 6.45) is -0.0735. The number of carbonyl (C=O) groups is 3. The predicted molar refractivity (Wildman–Crippen MR) is 91.7 cm³/mol. The van der Waals surface area contributed by atoms with Crippen LogP contribution in [0.2, 0.25) is 0 Å². The minimum absolute atomic E-state index is 0.0735. The molecule has 1 heterocycles. The van der Waals surface area contributed by atoms with Gasteiger partial charge in [0.1, 0.15) is 6.04 Å². The van der Waals surface area contributed by atoms with Crippen LogP contribution in [0.15, 0.2) is 18.2 Å². The van der Waals surface area contributed by atoms with Gasteiger partial charge < -0.3 is 20.9 Å². The van der Waals surface area contributed by atoms with E-state index in [0.717, 1.165) is 11.1 Å². The van der Waals surface area contributed by atoms with Crippen molar-refractivity contribution >= 4 is 23.5 Å². The Morgan fingerprint density at radius 1 is 1.29 bits per heavy atom. The number of nitrogens with zero attached hydrogens (tertiary/aromatic N) is 1. The lowest BCUT2D eigenvalue weighted by Gasteiger charge is -2.34. The maximum atomic E-state index is 12.3. The van der Waals surface area contributed by atoms with E-state index in [9.17, 15) is 14.4 Å². The minimum Gasteiger partial charge on any atom is -0.353 e. The van der Waals surface area contributed by atoms with Crippen molar-refractivity contribution in [1.29, 1.82) is 0 Å². The van der Waals surface area contributed by atoms with Crippen LogP contribution in [-0.2, 0) is 9.59 Å². The summed E-state index contributed by atoms with van der Waals surface area (Å²) in [5.74, 6) is -0.600. The van der Waals surface area contributed by atoms with Crippen LogP contribution in [0, 0.1) is 13.8 Å². The van der Waals surface area contributed by atoms with Crippen molar-refractivity contribution in [1.82, 2.24) is 15.5 Å². The molecule has 0 aromatic heterocycles. The summed E-state index contributed by atoms with van der Waals surface area (Å²) >= 11 is 0. The Hall–Kier alpha value is -2.57. The second-order valence-electron chi connectivity index (χ2n) is 5.89. The number of piperazine rings is 1. The third-order valence-electron chi connectivity index (χ3n) is 4.09. The fourth-order valence-corrected chi connectivity index (χ4v) is 2.62. The molecular weight excluding hydrogens is 308 g/mol. The molecule has 1 fully saturated rings. The number of urea groups is 1. The van der Waals surface area contributed by atoms with E-state index >= 15 is 0 Å². The molecule has 24 heavy (non-hydrogen) atoms. The van der Waals surface area contributed by atoms with E-state index in [1.165, 1.54) is 4.90 Å². The van der Waals surface area contributed by atoms with Gasteiger partial charge in [-0.25, -0.2) is 4.79 Å². The van der Waals surface area contributed by atoms with Crippen molar-refractivity contribution in [3.05, 3.63) is 29.3 Å². The summed E-state index contributed by atoms with van der Waals surface area (Å²) in [7, 11) is 0. The van der Waals surface area contributed by atoms with Gasteiger partial charge in [0.05, 0.1) is 6.42 Å². The molecule has 1 aromatic carbocycles. The largest absolute Gasteiger partial charge is 0.353 e. The van der Waals surface area contributed by atoms with E-state index in [2.05, 4.69) is 16.0 Å². The van der Waals surface area contributed by atoms with E-state index in [1.54, 1.807) is 0 Å². The zero-order valence-electron chi connectivity index (χ0n) is 14.3. The number of carbonyl (C=O) groups excluding carboxylic acids is 3. The highest BCUT2D eigenvalue weighted by atomic mass is 16.2. The quantitative estimate of drug-likeness (QED) is 0.773. The first-order chi connectivity index (χ1) is 11.4. The van der Waals surface area contributed by atoms with Gasteiger partial charge in [0.15, 0.2) is 0 Å². The Labute approximate surface area is 141 Å². The number of rotatable bonds is 4. The highest BCUT2D eigenvalue weighted by molar-refractivity contribution is 5.97. The van der Waals surface area contributed by atoms with Crippen molar-refractivity contribution in [2.45, 2.75) is 33.2 Å². The first-order valence-electron chi connectivity index (χ1n) is 8.11. The van der Waals surface area contributed by atoms with Gasteiger partial charge in [0, 0.05) is 25.3 Å². The minimum atomic E-state index is -0.795. The zero-order chi connectivity index (χ0) is 17.7. The van der Waals surface area contributed by atoms with Crippen LogP contribution in [0.5, 0.6) is 0 Å². The molecule has 0 bridgehead atoms. The second-order valence-corrected chi connectivity index (χ2v) is 5.89. The highest BCUT2D eigenvalue weighted by Crippen LogP contribution is 2.16. The Morgan fingerprint density at radius 2 is 2.04 bits per heavy atom. The highest BCUT2D eigenvalue weighted by Gasteiger charge is 2.34. The van der Waals surface area contributed by atoms with Gasteiger partial charge in [-0.05, 0) is 44.0 Å².